The average molecular weight is 559 g/mol. The van der Waals surface area contributed by atoms with Crippen molar-refractivity contribution >= 4 is 27.3 Å². The summed E-state index contributed by atoms with van der Waals surface area (Å²) in [5.41, 5.74) is -1.36. The molecule has 3 heterocycles. The molecule has 2 atom stereocenters. The van der Waals surface area contributed by atoms with E-state index < -0.39 is 20.9 Å². The molecule has 0 amide bonds. The largest absolute Gasteiger partial charge is 0.494 e. The molecule has 0 spiro atoms. The standard InChI is InChI=1S/C23H23FN8O4S2/c1-13-12-37-20(28-13)19-29-30-22(32(19)18-16(35-4)7-6-8-17(18)36-5)31-38(33,34)14(2)23(3,24)21-26-10-15(9-25)11-27-21/h6-8,10-12,14H,1-5H3,(H,30,31). The Bertz CT molecular complexity index is 1590. The van der Waals surface area contributed by atoms with Crippen molar-refractivity contribution in [1.29, 1.82) is 5.26 Å². The quantitative estimate of drug-likeness (QED) is 0.323. The van der Waals surface area contributed by atoms with Crippen LogP contribution in [0.5, 0.6) is 11.5 Å². The van der Waals surface area contributed by atoms with Gasteiger partial charge in [-0.15, -0.1) is 21.5 Å². The number of aromatic nitrogens is 6. The average Bonchev–Trinajstić information content (AvgIpc) is 3.52. The summed E-state index contributed by atoms with van der Waals surface area (Å²) in [5.74, 6) is 0.275. The molecule has 38 heavy (non-hydrogen) atoms. The lowest BCUT2D eigenvalue weighted by Crippen LogP contribution is -2.41. The minimum Gasteiger partial charge on any atom is -0.494 e. The lowest BCUT2D eigenvalue weighted by Gasteiger charge is -2.26. The summed E-state index contributed by atoms with van der Waals surface area (Å²) in [6, 6.07) is 6.87. The van der Waals surface area contributed by atoms with Gasteiger partial charge in [0.05, 0.1) is 19.8 Å². The van der Waals surface area contributed by atoms with Crippen LogP contribution in [0, 0.1) is 18.3 Å². The van der Waals surface area contributed by atoms with Crippen molar-refractivity contribution in [3.05, 3.63) is 53.1 Å². The van der Waals surface area contributed by atoms with Crippen LogP contribution in [0.4, 0.5) is 10.3 Å². The van der Waals surface area contributed by atoms with Crippen molar-refractivity contribution in [2.45, 2.75) is 31.7 Å². The van der Waals surface area contributed by atoms with E-state index in [0.29, 0.717) is 22.2 Å². The topological polar surface area (TPSA) is 158 Å². The fraction of sp³-hybridized carbons (Fsp3) is 0.304. The second-order valence-corrected chi connectivity index (χ2v) is 11.1. The molecule has 12 nitrogen and oxygen atoms in total. The smallest absolute Gasteiger partial charge is 0.243 e. The number of para-hydroxylation sites is 1. The fourth-order valence-electron chi connectivity index (χ4n) is 3.54. The third-order valence-corrected chi connectivity index (χ3v) is 8.58. The monoisotopic (exact) mass is 558 g/mol. The number of anilines is 1. The van der Waals surface area contributed by atoms with Crippen molar-refractivity contribution in [2.75, 3.05) is 18.9 Å². The predicted molar refractivity (Wildman–Crippen MR) is 138 cm³/mol. The normalized spacial score (nSPS) is 13.8. The summed E-state index contributed by atoms with van der Waals surface area (Å²) in [5, 5.41) is 17.8. The van der Waals surface area contributed by atoms with E-state index in [4.69, 9.17) is 14.7 Å². The van der Waals surface area contributed by atoms with E-state index in [1.807, 2.05) is 18.4 Å². The van der Waals surface area contributed by atoms with E-state index in [2.05, 4.69) is 29.9 Å². The van der Waals surface area contributed by atoms with E-state index >= 15 is 4.39 Å². The molecule has 1 N–H and O–H groups in total. The first kappa shape index (κ1) is 26.9. The Labute approximate surface area is 222 Å². The van der Waals surface area contributed by atoms with Gasteiger partial charge >= 0.3 is 0 Å². The first-order valence-electron chi connectivity index (χ1n) is 11.1. The summed E-state index contributed by atoms with van der Waals surface area (Å²) >= 11 is 1.29. The molecule has 0 saturated carbocycles. The molecule has 0 aliphatic heterocycles. The van der Waals surface area contributed by atoms with Gasteiger partial charge in [0.15, 0.2) is 22.3 Å². The Hall–Kier alpha value is -4.16. The minimum atomic E-state index is -4.46. The molecule has 198 valence electrons. The van der Waals surface area contributed by atoms with Gasteiger partial charge in [-0.3, -0.25) is 9.29 Å². The summed E-state index contributed by atoms with van der Waals surface area (Å²) in [6.07, 6.45) is 2.25. The highest BCUT2D eigenvalue weighted by Gasteiger charge is 2.45. The van der Waals surface area contributed by atoms with Gasteiger partial charge < -0.3 is 9.47 Å². The molecule has 0 radical (unpaired) electrons. The number of nitrogens with one attached hydrogen (secondary N) is 1. The van der Waals surface area contributed by atoms with Crippen LogP contribution >= 0.6 is 11.3 Å². The van der Waals surface area contributed by atoms with Crippen LogP contribution in [-0.4, -0.2) is 57.6 Å². The molecule has 15 heteroatoms. The molecule has 0 fully saturated rings. The molecule has 1 aromatic carbocycles. The van der Waals surface area contributed by atoms with Crippen molar-refractivity contribution < 1.29 is 22.3 Å². The zero-order valence-corrected chi connectivity index (χ0v) is 22.6. The van der Waals surface area contributed by atoms with Crippen LogP contribution in [-0.2, 0) is 15.7 Å². The third kappa shape index (κ3) is 4.87. The maximum Gasteiger partial charge on any atom is 0.243 e. The number of nitrogens with zero attached hydrogens (tertiary/aromatic N) is 7. The number of thiazole rings is 1. The van der Waals surface area contributed by atoms with E-state index in [-0.39, 0.29) is 23.2 Å². The summed E-state index contributed by atoms with van der Waals surface area (Å²) in [7, 11) is -1.56. The summed E-state index contributed by atoms with van der Waals surface area (Å²) < 4.78 is 57.6. The van der Waals surface area contributed by atoms with Gasteiger partial charge in [-0.2, -0.15) is 5.26 Å². The van der Waals surface area contributed by atoms with Gasteiger partial charge in [-0.1, -0.05) is 6.07 Å². The number of halogens is 1. The molecule has 4 aromatic rings. The number of alkyl halides is 1. The molecule has 0 aliphatic rings. The zero-order valence-electron chi connectivity index (χ0n) is 21.0. The van der Waals surface area contributed by atoms with Crippen LogP contribution in [0.3, 0.4) is 0 Å². The van der Waals surface area contributed by atoms with Crippen molar-refractivity contribution in [2.24, 2.45) is 0 Å². The van der Waals surface area contributed by atoms with Gasteiger partial charge in [0, 0.05) is 23.5 Å². The zero-order chi connectivity index (χ0) is 27.7. The maximum atomic E-state index is 15.9. The highest BCUT2D eigenvalue weighted by molar-refractivity contribution is 7.93. The second-order valence-electron chi connectivity index (χ2n) is 8.26. The summed E-state index contributed by atoms with van der Waals surface area (Å²) in [4.78, 5) is 12.1. The van der Waals surface area contributed by atoms with Crippen LogP contribution in [0.15, 0.2) is 36.0 Å². The van der Waals surface area contributed by atoms with Crippen molar-refractivity contribution in [1.82, 2.24) is 29.7 Å². The number of methoxy groups -OCH3 is 2. The van der Waals surface area contributed by atoms with Gasteiger partial charge in [0.2, 0.25) is 16.0 Å². The van der Waals surface area contributed by atoms with E-state index in [1.165, 1.54) is 37.0 Å². The second kappa shape index (κ2) is 10.3. The number of ether oxygens (including phenoxy) is 2. The molecule has 0 saturated heterocycles. The molecular formula is C23H23FN8O4S2. The molecule has 3 aromatic heterocycles. The molecule has 0 aliphatic carbocycles. The number of nitriles is 1. The lowest BCUT2D eigenvalue weighted by molar-refractivity contribution is 0.175. The first-order valence-corrected chi connectivity index (χ1v) is 13.5. The van der Waals surface area contributed by atoms with Gasteiger partial charge in [0.25, 0.3) is 0 Å². The summed E-state index contributed by atoms with van der Waals surface area (Å²) in [6.45, 7) is 4.04. The minimum absolute atomic E-state index is 0.113. The highest BCUT2D eigenvalue weighted by Crippen LogP contribution is 2.39. The van der Waals surface area contributed by atoms with Crippen molar-refractivity contribution in [3.63, 3.8) is 0 Å². The van der Waals surface area contributed by atoms with E-state index in [0.717, 1.165) is 25.0 Å². The number of hydrogen-bond donors (Lipinski definition) is 1. The SMILES string of the molecule is COc1cccc(OC)c1-n1c(NS(=O)(=O)C(C)C(C)(F)c2ncc(C#N)cn2)nnc1-c1nc(C)cs1. The molecule has 0 bridgehead atoms. The number of aryl methyl sites for hydroxylation is 1. The Morgan fingerprint density at radius 1 is 1.18 bits per heavy atom. The highest BCUT2D eigenvalue weighted by atomic mass is 32.2. The van der Waals surface area contributed by atoms with E-state index in [1.54, 1.807) is 18.2 Å². The molecule has 2 unspecified atom stereocenters. The molecule has 4 rings (SSSR count). The number of hydrogen-bond acceptors (Lipinski definition) is 11. The third-order valence-electron chi connectivity index (χ3n) is 5.78. The Morgan fingerprint density at radius 3 is 2.34 bits per heavy atom. The fourth-order valence-corrected chi connectivity index (χ4v) is 5.56. The van der Waals surface area contributed by atoms with Crippen LogP contribution in [0.2, 0.25) is 0 Å². The Kier molecular flexibility index (Phi) is 7.29. The Balaban J connectivity index is 1.83. The number of benzene rings is 1. The van der Waals surface area contributed by atoms with Gasteiger partial charge in [-0.25, -0.2) is 27.8 Å². The van der Waals surface area contributed by atoms with Crippen LogP contribution < -0.4 is 14.2 Å². The lowest BCUT2D eigenvalue weighted by atomic mass is 10.0. The van der Waals surface area contributed by atoms with Gasteiger partial charge in [-0.05, 0) is 32.9 Å². The van der Waals surface area contributed by atoms with E-state index in [9.17, 15) is 8.42 Å². The maximum absolute atomic E-state index is 15.9. The van der Waals surface area contributed by atoms with Crippen molar-refractivity contribution in [3.8, 4) is 34.1 Å². The predicted octanol–water partition coefficient (Wildman–Crippen LogP) is 3.39. The van der Waals surface area contributed by atoms with Gasteiger partial charge in [0.1, 0.15) is 28.5 Å². The van der Waals surface area contributed by atoms with Crippen LogP contribution in [0.25, 0.3) is 16.5 Å². The number of rotatable bonds is 9. The first-order chi connectivity index (χ1) is 18.0. The molecular weight excluding hydrogens is 535 g/mol. The Morgan fingerprint density at radius 2 is 1.82 bits per heavy atom. The van der Waals surface area contributed by atoms with Crippen LogP contribution in [0.1, 0.15) is 30.9 Å². The number of sulfonamides is 1.